The maximum Gasteiger partial charge on any atom is 0.266 e. The summed E-state index contributed by atoms with van der Waals surface area (Å²) in [4.78, 5) is 28.1. The third-order valence-corrected chi connectivity index (χ3v) is 5.60. The Balaban J connectivity index is 1.30. The second kappa shape index (κ2) is 6.31. The van der Waals surface area contributed by atoms with Gasteiger partial charge in [-0.05, 0) is 31.7 Å². The van der Waals surface area contributed by atoms with Crippen molar-refractivity contribution < 1.29 is 4.79 Å². The van der Waals surface area contributed by atoms with Crippen LogP contribution in [0.25, 0.3) is 0 Å². The summed E-state index contributed by atoms with van der Waals surface area (Å²) in [7, 11) is 0. The van der Waals surface area contributed by atoms with Crippen molar-refractivity contribution in [1.82, 2.24) is 19.6 Å². The predicted octanol–water partition coefficient (Wildman–Crippen LogP) is 1.06. The van der Waals surface area contributed by atoms with Gasteiger partial charge in [0, 0.05) is 57.0 Å². The smallest absolute Gasteiger partial charge is 0.266 e. The molecule has 6 nitrogen and oxygen atoms in total. The average Bonchev–Trinajstić information content (AvgIpc) is 3.25. The lowest BCUT2D eigenvalue weighted by molar-refractivity contribution is -0.130. The van der Waals surface area contributed by atoms with E-state index in [2.05, 4.69) is 10.00 Å². The van der Waals surface area contributed by atoms with E-state index in [1.807, 2.05) is 11.0 Å². The Morgan fingerprint density at radius 3 is 2.71 bits per heavy atom. The molecule has 1 amide bonds. The number of amides is 1. The molecule has 0 spiro atoms. The Morgan fingerprint density at radius 2 is 2.00 bits per heavy atom. The average molecular weight is 330 g/mol. The first-order chi connectivity index (χ1) is 11.6. The van der Waals surface area contributed by atoms with Crippen molar-refractivity contribution in [2.45, 2.75) is 51.1 Å². The molecular formula is C18H26N4O2. The maximum absolute atomic E-state index is 12.0. The van der Waals surface area contributed by atoms with Crippen molar-refractivity contribution in [3.05, 3.63) is 28.2 Å². The van der Waals surface area contributed by atoms with Gasteiger partial charge in [0.15, 0.2) is 0 Å². The van der Waals surface area contributed by atoms with Crippen LogP contribution in [0.3, 0.4) is 0 Å². The first-order valence-corrected chi connectivity index (χ1v) is 9.18. The van der Waals surface area contributed by atoms with E-state index < -0.39 is 0 Å². The number of likely N-dealkylation sites (tertiary alicyclic amines) is 2. The fourth-order valence-electron chi connectivity index (χ4n) is 4.12. The zero-order valence-electron chi connectivity index (χ0n) is 14.4. The zero-order valence-corrected chi connectivity index (χ0v) is 14.4. The molecule has 1 aromatic heterocycles. The Hall–Kier alpha value is -1.69. The number of aromatic nitrogens is 2. The van der Waals surface area contributed by atoms with Gasteiger partial charge >= 0.3 is 0 Å². The minimum Gasteiger partial charge on any atom is -0.339 e. The number of nitrogens with zero attached hydrogens (tertiary/aromatic N) is 4. The monoisotopic (exact) mass is 330 g/mol. The topological polar surface area (TPSA) is 58.4 Å². The van der Waals surface area contributed by atoms with Gasteiger partial charge in [0.25, 0.3) is 5.56 Å². The minimum atomic E-state index is 0.0106. The molecule has 1 aromatic rings. The summed E-state index contributed by atoms with van der Waals surface area (Å²) in [6, 6.07) is 3.93. The van der Waals surface area contributed by atoms with Crippen molar-refractivity contribution in [1.29, 1.82) is 0 Å². The fraction of sp³-hybridized carbons (Fsp3) is 0.722. The van der Waals surface area contributed by atoms with Gasteiger partial charge < -0.3 is 9.80 Å². The second-order valence-corrected chi connectivity index (χ2v) is 7.65. The van der Waals surface area contributed by atoms with E-state index in [9.17, 15) is 9.59 Å². The van der Waals surface area contributed by atoms with Gasteiger partial charge in [-0.3, -0.25) is 9.59 Å². The van der Waals surface area contributed by atoms with Gasteiger partial charge in [-0.2, -0.15) is 5.10 Å². The third-order valence-electron chi connectivity index (χ3n) is 5.60. The van der Waals surface area contributed by atoms with Crippen LogP contribution in [0.5, 0.6) is 0 Å². The Labute approximate surface area is 142 Å². The first kappa shape index (κ1) is 15.8. The largest absolute Gasteiger partial charge is 0.339 e. The van der Waals surface area contributed by atoms with Crippen LogP contribution in [-0.2, 0) is 11.3 Å². The van der Waals surface area contributed by atoms with Gasteiger partial charge in [0.1, 0.15) is 0 Å². The molecule has 3 heterocycles. The molecule has 0 radical (unpaired) electrons. The summed E-state index contributed by atoms with van der Waals surface area (Å²) < 4.78 is 1.66. The Bertz CT molecular complexity index is 676. The summed E-state index contributed by atoms with van der Waals surface area (Å²) in [5.74, 6) is 1.27. The standard InChI is InChI=1S/C18H26N4O2/c1-13(23)21-8-2-3-16(21)12-20-9-14(10-20)11-22-18(24)7-6-17(19-22)15-4-5-15/h6-7,14-16H,2-5,8-12H2,1H3. The lowest BCUT2D eigenvalue weighted by atomic mass is 9.99. The van der Waals surface area contributed by atoms with E-state index in [4.69, 9.17) is 0 Å². The molecule has 0 aromatic carbocycles. The molecule has 4 rings (SSSR count). The number of carbonyl (C=O) groups excluding carboxylic acids is 1. The molecule has 2 saturated heterocycles. The van der Waals surface area contributed by atoms with Gasteiger partial charge in [-0.25, -0.2) is 4.68 Å². The predicted molar refractivity (Wildman–Crippen MR) is 90.8 cm³/mol. The van der Waals surface area contributed by atoms with Crippen molar-refractivity contribution >= 4 is 5.91 Å². The second-order valence-electron chi connectivity index (χ2n) is 7.65. The molecule has 2 aliphatic heterocycles. The highest BCUT2D eigenvalue weighted by molar-refractivity contribution is 5.73. The molecule has 24 heavy (non-hydrogen) atoms. The lowest BCUT2D eigenvalue weighted by Gasteiger charge is -2.41. The molecule has 1 atom stereocenters. The fourth-order valence-corrected chi connectivity index (χ4v) is 4.12. The van der Waals surface area contributed by atoms with Gasteiger partial charge in [-0.1, -0.05) is 0 Å². The Morgan fingerprint density at radius 1 is 1.21 bits per heavy atom. The minimum absolute atomic E-state index is 0.0106. The summed E-state index contributed by atoms with van der Waals surface area (Å²) >= 11 is 0. The van der Waals surface area contributed by atoms with E-state index in [1.54, 1.807) is 17.7 Å². The van der Waals surface area contributed by atoms with Gasteiger partial charge in [0.2, 0.25) is 5.91 Å². The SMILES string of the molecule is CC(=O)N1CCCC1CN1CC(Cn2nc(C3CC3)ccc2=O)C1. The number of rotatable bonds is 5. The molecule has 3 fully saturated rings. The van der Waals surface area contributed by atoms with Crippen molar-refractivity contribution in [3.63, 3.8) is 0 Å². The van der Waals surface area contributed by atoms with E-state index in [-0.39, 0.29) is 11.5 Å². The van der Waals surface area contributed by atoms with E-state index in [0.717, 1.165) is 51.3 Å². The van der Waals surface area contributed by atoms with Gasteiger partial charge in [0.05, 0.1) is 12.2 Å². The van der Waals surface area contributed by atoms with E-state index in [0.29, 0.717) is 17.9 Å². The maximum atomic E-state index is 12.0. The van der Waals surface area contributed by atoms with Crippen LogP contribution in [0.15, 0.2) is 16.9 Å². The molecule has 1 unspecified atom stereocenters. The zero-order chi connectivity index (χ0) is 16.7. The van der Waals surface area contributed by atoms with Gasteiger partial charge in [-0.15, -0.1) is 0 Å². The van der Waals surface area contributed by atoms with Crippen molar-refractivity contribution in [2.75, 3.05) is 26.2 Å². The van der Waals surface area contributed by atoms with Crippen LogP contribution >= 0.6 is 0 Å². The number of carbonyl (C=O) groups is 1. The van der Waals surface area contributed by atoms with Crippen molar-refractivity contribution in [2.24, 2.45) is 5.92 Å². The van der Waals surface area contributed by atoms with Crippen molar-refractivity contribution in [3.8, 4) is 0 Å². The highest BCUT2D eigenvalue weighted by Crippen LogP contribution is 2.38. The first-order valence-electron chi connectivity index (χ1n) is 9.18. The molecular weight excluding hydrogens is 304 g/mol. The van der Waals surface area contributed by atoms with Crippen LogP contribution in [0.1, 0.15) is 44.2 Å². The highest BCUT2D eigenvalue weighted by Gasteiger charge is 2.34. The lowest BCUT2D eigenvalue weighted by Crippen LogP contribution is -2.54. The Kier molecular flexibility index (Phi) is 4.16. The molecule has 1 aliphatic carbocycles. The summed E-state index contributed by atoms with van der Waals surface area (Å²) in [5.41, 5.74) is 1.09. The normalized spacial score (nSPS) is 25.0. The van der Waals surface area contributed by atoms with E-state index >= 15 is 0 Å². The van der Waals surface area contributed by atoms with Crippen LogP contribution in [0, 0.1) is 5.92 Å². The van der Waals surface area contributed by atoms with Crippen LogP contribution in [0.4, 0.5) is 0 Å². The third kappa shape index (κ3) is 3.24. The summed E-state index contributed by atoms with van der Waals surface area (Å²) in [6.07, 6.45) is 4.65. The molecule has 3 aliphatic rings. The molecule has 1 saturated carbocycles. The van der Waals surface area contributed by atoms with Crippen LogP contribution in [-0.4, -0.2) is 57.7 Å². The number of hydrogen-bond acceptors (Lipinski definition) is 4. The molecule has 6 heteroatoms. The highest BCUT2D eigenvalue weighted by atomic mass is 16.2. The number of hydrogen-bond donors (Lipinski definition) is 0. The quantitative estimate of drug-likeness (QED) is 0.810. The molecule has 0 bridgehead atoms. The van der Waals surface area contributed by atoms with E-state index in [1.165, 1.54) is 12.8 Å². The van der Waals surface area contributed by atoms with Crippen LogP contribution < -0.4 is 5.56 Å². The summed E-state index contributed by atoms with van der Waals surface area (Å²) in [5, 5.41) is 4.55. The van der Waals surface area contributed by atoms with Crippen LogP contribution in [0.2, 0.25) is 0 Å². The molecule has 130 valence electrons. The summed E-state index contributed by atoms with van der Waals surface area (Å²) in [6.45, 7) is 6.28. The molecule has 0 N–H and O–H groups in total.